The van der Waals surface area contributed by atoms with E-state index >= 15 is 0 Å². The molecule has 0 aromatic carbocycles. The Morgan fingerprint density at radius 1 is 0.917 bits per heavy atom. The van der Waals surface area contributed by atoms with Crippen LogP contribution < -0.4 is 5.32 Å². The summed E-state index contributed by atoms with van der Waals surface area (Å²) >= 11 is 0. The molecule has 0 aliphatic heterocycles. The van der Waals surface area contributed by atoms with E-state index in [0.29, 0.717) is 48.0 Å². The molecule has 5 heteroatoms. The van der Waals surface area contributed by atoms with Crippen LogP contribution in [0.3, 0.4) is 0 Å². The van der Waals surface area contributed by atoms with Gasteiger partial charge < -0.3 is 10.4 Å². The Bertz CT molecular complexity index is 1020. The van der Waals surface area contributed by atoms with Gasteiger partial charge in [-0.1, -0.05) is 83.4 Å². The van der Waals surface area contributed by atoms with Gasteiger partial charge in [0.2, 0.25) is 0 Å². The monoisotopic (exact) mass is 676 g/mol. The van der Waals surface area contributed by atoms with Crippen molar-refractivity contribution in [2.75, 3.05) is 7.05 Å². The minimum absolute atomic E-state index is 0.0238. The third-order valence-corrected chi connectivity index (χ3v) is 14.9. The van der Waals surface area contributed by atoms with Gasteiger partial charge in [-0.05, 0) is 156 Å². The van der Waals surface area contributed by atoms with Crippen LogP contribution in [-0.2, 0) is 0 Å². The number of rotatable bonds is 11. The third-order valence-electron chi connectivity index (χ3n) is 14.9. The number of aliphatic hydroxyl groups is 1. The summed E-state index contributed by atoms with van der Waals surface area (Å²) in [5.41, 5.74) is 1.92. The van der Waals surface area contributed by atoms with Gasteiger partial charge in [-0.25, -0.2) is 0 Å². The maximum atomic E-state index is 14.5. The fraction of sp³-hybridized carbons (Fsp3) is 0.907. The lowest BCUT2D eigenvalue weighted by atomic mass is 9.64. The van der Waals surface area contributed by atoms with Crippen molar-refractivity contribution in [3.63, 3.8) is 0 Å². The summed E-state index contributed by atoms with van der Waals surface area (Å²) in [5, 5.41) is 15.5. The molecule has 48 heavy (non-hydrogen) atoms. The quantitative estimate of drug-likeness (QED) is 0.214. The largest absolute Gasteiger partial charge is 0.393 e. The second-order valence-electron chi connectivity index (χ2n) is 18.6. The summed E-state index contributed by atoms with van der Waals surface area (Å²) in [7, 11) is 2.12. The van der Waals surface area contributed by atoms with E-state index in [-0.39, 0.29) is 24.2 Å². The molecule has 0 spiro atoms. The van der Waals surface area contributed by atoms with Gasteiger partial charge in [0, 0.05) is 6.04 Å². The Morgan fingerprint density at radius 2 is 1.65 bits per heavy atom. The molecule has 0 radical (unpaired) electrons. The number of hydrogen-bond acceptors (Lipinski definition) is 2. The molecule has 2 nitrogen and oxygen atoms in total. The zero-order chi connectivity index (χ0) is 34.5. The zero-order valence-electron chi connectivity index (χ0n) is 31.2. The van der Waals surface area contributed by atoms with Gasteiger partial charge in [0.1, 0.15) is 0 Å². The molecule has 0 heterocycles. The standard InChI is InChI=1S/C43H72F3NO/c1-6-10-34-18-17-33(32-11-8-7-9-12-32)19-20-37(34)41(47-5)38-28-36(15-13-29(38)2)40(48)27-31-14-16-35(39(26-31)43(44,45)46)25-30-21-23-42(3,4)24-22-30/h6,20,29-36,38-41,47-48H,1,7-19,21-28H2,2-5H3. The van der Waals surface area contributed by atoms with Crippen molar-refractivity contribution in [3.8, 4) is 0 Å². The van der Waals surface area contributed by atoms with Crippen LogP contribution in [0, 0.1) is 64.6 Å². The molecule has 0 saturated heterocycles. The second-order valence-corrected chi connectivity index (χ2v) is 18.6. The predicted molar refractivity (Wildman–Crippen MR) is 195 cm³/mol. The normalized spacial score (nSPS) is 37.3. The van der Waals surface area contributed by atoms with Crippen LogP contribution in [0.5, 0.6) is 0 Å². The average Bonchev–Trinajstić information content (AvgIpc) is 3.26. The van der Waals surface area contributed by atoms with Crippen molar-refractivity contribution in [1.29, 1.82) is 0 Å². The Kier molecular flexibility index (Phi) is 13.7. The summed E-state index contributed by atoms with van der Waals surface area (Å²) in [5.74, 6) is 2.37. The topological polar surface area (TPSA) is 32.3 Å². The minimum Gasteiger partial charge on any atom is -0.393 e. The molecule has 0 aromatic rings. The van der Waals surface area contributed by atoms with Gasteiger partial charge in [-0.3, -0.25) is 0 Å². The Hall–Kier alpha value is -0.810. The Morgan fingerprint density at radius 3 is 2.31 bits per heavy atom. The van der Waals surface area contributed by atoms with E-state index in [0.717, 1.165) is 76.0 Å². The lowest BCUT2D eigenvalue weighted by Crippen LogP contribution is -2.45. The van der Waals surface area contributed by atoms with Crippen molar-refractivity contribution < 1.29 is 18.3 Å². The summed E-state index contributed by atoms with van der Waals surface area (Å²) in [6.07, 6.45) is 22.4. The van der Waals surface area contributed by atoms with Gasteiger partial charge in [-0.15, -0.1) is 6.58 Å². The molecule has 0 amide bonds. The molecule has 4 saturated carbocycles. The SMILES string of the molecule is C=CCC1CCC(C2CCCCC2)CC=C1C(NC)C1CC(C(O)CC2CCC(CC3CCC(C)(C)CC3)C(C(F)(F)F)C2)CCC1C. The number of halogens is 3. The van der Waals surface area contributed by atoms with Crippen molar-refractivity contribution in [3.05, 3.63) is 24.3 Å². The van der Waals surface area contributed by atoms with E-state index in [1.165, 1.54) is 51.4 Å². The fourth-order valence-electron chi connectivity index (χ4n) is 11.7. The van der Waals surface area contributed by atoms with E-state index in [9.17, 15) is 18.3 Å². The van der Waals surface area contributed by atoms with Crippen molar-refractivity contribution >= 4 is 0 Å². The van der Waals surface area contributed by atoms with E-state index in [2.05, 4.69) is 51.9 Å². The molecule has 5 aliphatic carbocycles. The molecular weight excluding hydrogens is 603 g/mol. The molecule has 2 N–H and O–H groups in total. The predicted octanol–water partition coefficient (Wildman–Crippen LogP) is 12.1. The molecule has 10 atom stereocenters. The first-order chi connectivity index (χ1) is 22.9. The summed E-state index contributed by atoms with van der Waals surface area (Å²) < 4.78 is 43.5. The van der Waals surface area contributed by atoms with Crippen LogP contribution in [0.2, 0.25) is 0 Å². The molecular formula is C43H72F3NO. The van der Waals surface area contributed by atoms with Crippen LogP contribution in [0.25, 0.3) is 0 Å². The molecule has 0 bridgehead atoms. The number of alkyl halides is 3. The minimum atomic E-state index is -4.14. The number of nitrogens with one attached hydrogen (secondary N) is 1. The van der Waals surface area contributed by atoms with Gasteiger partial charge in [-0.2, -0.15) is 13.2 Å². The third kappa shape index (κ3) is 9.95. The highest BCUT2D eigenvalue weighted by atomic mass is 19.4. The second kappa shape index (κ2) is 17.1. The van der Waals surface area contributed by atoms with Crippen LogP contribution in [-0.4, -0.2) is 30.5 Å². The Labute approximate surface area is 292 Å². The maximum Gasteiger partial charge on any atom is 0.392 e. The van der Waals surface area contributed by atoms with E-state index in [1.807, 2.05) is 0 Å². The first-order valence-corrected chi connectivity index (χ1v) is 20.6. The summed E-state index contributed by atoms with van der Waals surface area (Å²) in [6, 6.07) is 0.292. The highest BCUT2D eigenvalue weighted by molar-refractivity contribution is 5.20. The summed E-state index contributed by atoms with van der Waals surface area (Å²) in [4.78, 5) is 0. The highest BCUT2D eigenvalue weighted by Gasteiger charge is 2.49. The highest BCUT2D eigenvalue weighted by Crippen LogP contribution is 2.51. The van der Waals surface area contributed by atoms with Gasteiger partial charge >= 0.3 is 6.18 Å². The summed E-state index contributed by atoms with van der Waals surface area (Å²) in [6.45, 7) is 11.1. The van der Waals surface area contributed by atoms with Crippen LogP contribution in [0.15, 0.2) is 24.3 Å². The number of hydrogen-bond donors (Lipinski definition) is 2. The fourth-order valence-corrected chi connectivity index (χ4v) is 11.7. The van der Waals surface area contributed by atoms with Gasteiger partial charge in [0.15, 0.2) is 0 Å². The van der Waals surface area contributed by atoms with Crippen LogP contribution >= 0.6 is 0 Å². The van der Waals surface area contributed by atoms with E-state index in [4.69, 9.17) is 0 Å². The number of likely N-dealkylation sites (N-methyl/N-ethyl adjacent to an activating group) is 1. The molecule has 4 fully saturated rings. The molecule has 10 unspecified atom stereocenters. The number of aliphatic hydroxyl groups excluding tert-OH is 1. The van der Waals surface area contributed by atoms with Crippen molar-refractivity contribution in [1.82, 2.24) is 5.32 Å². The zero-order valence-corrected chi connectivity index (χ0v) is 31.2. The van der Waals surface area contributed by atoms with Gasteiger partial charge in [0.25, 0.3) is 0 Å². The first kappa shape index (κ1) is 38.4. The average molecular weight is 676 g/mol. The first-order valence-electron chi connectivity index (χ1n) is 20.6. The van der Waals surface area contributed by atoms with Crippen LogP contribution in [0.4, 0.5) is 13.2 Å². The lowest BCUT2D eigenvalue weighted by molar-refractivity contribution is -0.204. The van der Waals surface area contributed by atoms with Crippen molar-refractivity contribution in [2.45, 2.75) is 174 Å². The molecule has 5 rings (SSSR count). The molecule has 5 aliphatic rings. The van der Waals surface area contributed by atoms with E-state index < -0.39 is 18.2 Å². The van der Waals surface area contributed by atoms with E-state index in [1.54, 1.807) is 5.57 Å². The van der Waals surface area contributed by atoms with Crippen molar-refractivity contribution in [2.24, 2.45) is 64.6 Å². The lowest BCUT2D eigenvalue weighted by Gasteiger charge is -2.44. The maximum absolute atomic E-state index is 14.5. The Balaban J connectivity index is 1.21. The molecule has 0 aromatic heterocycles. The van der Waals surface area contributed by atoms with Crippen LogP contribution in [0.1, 0.15) is 156 Å². The smallest absolute Gasteiger partial charge is 0.392 e. The van der Waals surface area contributed by atoms with Gasteiger partial charge in [0.05, 0.1) is 12.0 Å². The number of allylic oxidation sites excluding steroid dienone is 2. The molecule has 276 valence electrons.